The SMILES string of the molecule is C=CC(=O)NC1C2CN(S(=O)(=O)c3ccc(NC(=O)c4oc5ccccc5c4C)cc3)CC21. The maximum absolute atomic E-state index is 13.0. The second-order valence-corrected chi connectivity index (χ2v) is 10.4. The standard InChI is InChI=1S/C24H23N3O5S/c1-3-21(28)26-22-18-12-27(13-19(18)22)33(30,31)16-10-8-15(9-11-16)25-24(29)23-14(2)17-6-4-5-7-20(17)32-23/h3-11,18-19,22H,1,12-13H2,2H3,(H,25,29)(H,26,28). The number of amides is 2. The Balaban J connectivity index is 1.25. The lowest BCUT2D eigenvalue weighted by molar-refractivity contribution is -0.116. The van der Waals surface area contributed by atoms with Gasteiger partial charge >= 0.3 is 0 Å². The number of hydrogen-bond acceptors (Lipinski definition) is 5. The molecule has 1 saturated carbocycles. The Hall–Kier alpha value is -3.43. The summed E-state index contributed by atoms with van der Waals surface area (Å²) in [5.41, 5.74) is 1.85. The summed E-state index contributed by atoms with van der Waals surface area (Å²) in [7, 11) is -3.65. The average molecular weight is 466 g/mol. The van der Waals surface area contributed by atoms with E-state index in [1.54, 1.807) is 18.2 Å². The number of nitrogens with zero attached hydrogens (tertiary/aromatic N) is 1. The highest BCUT2D eigenvalue weighted by Crippen LogP contribution is 2.47. The van der Waals surface area contributed by atoms with Gasteiger partial charge in [-0.15, -0.1) is 0 Å². The quantitative estimate of drug-likeness (QED) is 0.544. The van der Waals surface area contributed by atoms with E-state index in [1.807, 2.05) is 25.1 Å². The minimum absolute atomic E-state index is 0.0150. The summed E-state index contributed by atoms with van der Waals surface area (Å²) < 4.78 is 33.1. The van der Waals surface area contributed by atoms with Crippen LogP contribution in [0.5, 0.6) is 0 Å². The van der Waals surface area contributed by atoms with Crippen molar-refractivity contribution in [3.8, 4) is 0 Å². The van der Waals surface area contributed by atoms with Crippen molar-refractivity contribution >= 4 is 38.5 Å². The van der Waals surface area contributed by atoms with Crippen LogP contribution in [0.25, 0.3) is 11.0 Å². The number of carbonyl (C=O) groups is 2. The van der Waals surface area contributed by atoms with Crippen LogP contribution in [0, 0.1) is 18.8 Å². The van der Waals surface area contributed by atoms with Crippen molar-refractivity contribution in [2.75, 3.05) is 18.4 Å². The molecular formula is C24H23N3O5S. The van der Waals surface area contributed by atoms with Gasteiger partial charge in [0.1, 0.15) is 5.58 Å². The van der Waals surface area contributed by atoms with Gasteiger partial charge in [-0.25, -0.2) is 8.42 Å². The maximum atomic E-state index is 13.0. The minimum atomic E-state index is -3.65. The van der Waals surface area contributed by atoms with Crippen molar-refractivity contribution in [3.63, 3.8) is 0 Å². The van der Waals surface area contributed by atoms with Crippen molar-refractivity contribution in [2.45, 2.75) is 17.9 Å². The zero-order chi connectivity index (χ0) is 23.3. The molecule has 0 radical (unpaired) electrons. The fraction of sp³-hybridized carbons (Fsp3) is 0.250. The minimum Gasteiger partial charge on any atom is -0.451 e. The van der Waals surface area contributed by atoms with Crippen molar-refractivity contribution in [2.24, 2.45) is 11.8 Å². The third-order valence-electron chi connectivity index (χ3n) is 6.45. The number of fused-ring (bicyclic) bond motifs is 2. The number of aryl methyl sites for hydroxylation is 1. The Kier molecular flexibility index (Phi) is 5.10. The van der Waals surface area contributed by atoms with E-state index < -0.39 is 15.9 Å². The van der Waals surface area contributed by atoms with Crippen LogP contribution in [0.1, 0.15) is 16.1 Å². The smallest absolute Gasteiger partial charge is 0.291 e. The van der Waals surface area contributed by atoms with Crippen LogP contribution in [0.4, 0.5) is 5.69 Å². The van der Waals surface area contributed by atoms with Gasteiger partial charge in [0.2, 0.25) is 15.9 Å². The highest BCUT2D eigenvalue weighted by atomic mass is 32.2. The topological polar surface area (TPSA) is 109 Å². The number of piperidine rings is 1. The lowest BCUT2D eigenvalue weighted by atomic mass is 10.1. The Bertz CT molecular complexity index is 1360. The number of para-hydroxylation sites is 1. The summed E-state index contributed by atoms with van der Waals surface area (Å²) in [6, 6.07) is 13.5. The first-order valence-electron chi connectivity index (χ1n) is 10.6. The molecule has 8 nitrogen and oxygen atoms in total. The molecular weight excluding hydrogens is 442 g/mol. The van der Waals surface area contributed by atoms with Crippen molar-refractivity contribution in [1.29, 1.82) is 0 Å². The van der Waals surface area contributed by atoms with E-state index >= 15 is 0 Å². The summed E-state index contributed by atoms with van der Waals surface area (Å²) >= 11 is 0. The van der Waals surface area contributed by atoms with Crippen molar-refractivity contribution in [3.05, 3.63) is 72.5 Å². The van der Waals surface area contributed by atoms with Gasteiger partial charge in [-0.2, -0.15) is 4.31 Å². The highest BCUT2D eigenvalue weighted by Gasteiger charge is 2.58. The molecule has 1 saturated heterocycles. The predicted molar refractivity (Wildman–Crippen MR) is 123 cm³/mol. The summed E-state index contributed by atoms with van der Waals surface area (Å²) in [6.07, 6.45) is 1.22. The number of benzene rings is 2. The average Bonchev–Trinajstić information content (AvgIpc) is 3.14. The van der Waals surface area contributed by atoms with E-state index in [1.165, 1.54) is 22.5 Å². The van der Waals surface area contributed by atoms with Crippen LogP contribution in [0.3, 0.4) is 0 Å². The van der Waals surface area contributed by atoms with Gasteiger partial charge in [0, 0.05) is 35.8 Å². The molecule has 1 aliphatic heterocycles. The maximum Gasteiger partial charge on any atom is 0.291 e. The highest BCUT2D eigenvalue weighted by molar-refractivity contribution is 7.89. The van der Waals surface area contributed by atoms with E-state index in [0.29, 0.717) is 24.4 Å². The first-order valence-corrected chi connectivity index (χ1v) is 12.1. The van der Waals surface area contributed by atoms with Crippen LogP contribution in [0.15, 0.2) is 70.5 Å². The van der Waals surface area contributed by atoms with E-state index in [0.717, 1.165) is 10.9 Å². The third kappa shape index (κ3) is 3.73. The Morgan fingerprint density at radius 1 is 1.09 bits per heavy atom. The molecule has 33 heavy (non-hydrogen) atoms. The fourth-order valence-corrected chi connectivity index (χ4v) is 6.07. The normalized spacial score (nSPS) is 22.0. The lowest BCUT2D eigenvalue weighted by Gasteiger charge is -2.20. The van der Waals surface area contributed by atoms with E-state index in [9.17, 15) is 18.0 Å². The molecule has 0 spiro atoms. The van der Waals surface area contributed by atoms with Gasteiger partial charge < -0.3 is 15.1 Å². The van der Waals surface area contributed by atoms with E-state index in [-0.39, 0.29) is 34.4 Å². The summed E-state index contributed by atoms with van der Waals surface area (Å²) in [4.78, 5) is 24.3. The third-order valence-corrected chi connectivity index (χ3v) is 8.30. The van der Waals surface area contributed by atoms with Gasteiger partial charge in [-0.3, -0.25) is 9.59 Å². The Morgan fingerprint density at radius 2 is 1.76 bits per heavy atom. The molecule has 2 fully saturated rings. The number of hydrogen-bond donors (Lipinski definition) is 2. The number of furan rings is 1. The molecule has 170 valence electrons. The molecule has 2 amide bonds. The van der Waals surface area contributed by atoms with E-state index in [4.69, 9.17) is 4.42 Å². The number of rotatable bonds is 6. The van der Waals surface area contributed by atoms with Gasteiger partial charge in [-0.05, 0) is 55.2 Å². The molecule has 0 bridgehead atoms. The number of anilines is 1. The molecule has 5 rings (SSSR count). The molecule has 1 aliphatic carbocycles. The van der Waals surface area contributed by atoms with Gasteiger partial charge in [0.25, 0.3) is 5.91 Å². The second-order valence-electron chi connectivity index (χ2n) is 8.42. The Morgan fingerprint density at radius 3 is 2.39 bits per heavy atom. The molecule has 1 aromatic heterocycles. The van der Waals surface area contributed by atoms with Crippen LogP contribution < -0.4 is 10.6 Å². The molecule has 3 aromatic rings. The lowest BCUT2D eigenvalue weighted by Crippen LogP contribution is -2.36. The number of carbonyl (C=O) groups excluding carboxylic acids is 2. The van der Waals surface area contributed by atoms with Crippen LogP contribution >= 0.6 is 0 Å². The van der Waals surface area contributed by atoms with E-state index in [2.05, 4.69) is 17.2 Å². The second kappa shape index (κ2) is 7.86. The molecule has 2 atom stereocenters. The molecule has 2 heterocycles. The van der Waals surface area contributed by atoms with Crippen LogP contribution in [0.2, 0.25) is 0 Å². The summed E-state index contributed by atoms with van der Waals surface area (Å²) in [5.74, 6) is -0.142. The summed E-state index contributed by atoms with van der Waals surface area (Å²) in [6.45, 7) is 6.01. The summed E-state index contributed by atoms with van der Waals surface area (Å²) in [5, 5.41) is 6.48. The molecule has 2 aliphatic rings. The molecule has 2 N–H and O–H groups in total. The predicted octanol–water partition coefficient (Wildman–Crippen LogP) is 2.91. The molecule has 2 aromatic carbocycles. The van der Waals surface area contributed by atoms with Crippen molar-refractivity contribution < 1.29 is 22.4 Å². The largest absolute Gasteiger partial charge is 0.451 e. The fourth-order valence-electron chi connectivity index (χ4n) is 4.56. The molecule has 9 heteroatoms. The monoisotopic (exact) mass is 465 g/mol. The van der Waals surface area contributed by atoms with Gasteiger partial charge in [0.15, 0.2) is 5.76 Å². The van der Waals surface area contributed by atoms with Gasteiger partial charge in [-0.1, -0.05) is 24.8 Å². The molecule has 2 unspecified atom stereocenters. The number of sulfonamides is 1. The first kappa shape index (κ1) is 21.4. The van der Waals surface area contributed by atoms with Crippen molar-refractivity contribution in [1.82, 2.24) is 9.62 Å². The van der Waals surface area contributed by atoms with Crippen LogP contribution in [-0.2, 0) is 14.8 Å². The van der Waals surface area contributed by atoms with Crippen LogP contribution in [-0.4, -0.2) is 43.7 Å². The number of nitrogens with one attached hydrogen (secondary N) is 2. The zero-order valence-corrected chi connectivity index (χ0v) is 18.8. The Labute approximate surface area is 191 Å². The zero-order valence-electron chi connectivity index (χ0n) is 17.9. The van der Waals surface area contributed by atoms with Gasteiger partial charge in [0.05, 0.1) is 4.90 Å². The first-order chi connectivity index (χ1) is 15.8.